The quantitative estimate of drug-likeness (QED) is 0.523. The standard InChI is InChI=1S/C20H31BrN4O/c1-22-19(24-16-7-11-25(12-8-16)13-14-26-2)23-15-20(9-10-20)17-5-3-4-6-18(17)21/h3-6,16H,7-15H2,1-2H3,(H2,22,23,24). The number of guanidine groups is 1. The molecule has 0 aromatic heterocycles. The van der Waals surface area contributed by atoms with Crippen LogP contribution in [0.4, 0.5) is 0 Å². The van der Waals surface area contributed by atoms with E-state index in [0.29, 0.717) is 6.04 Å². The van der Waals surface area contributed by atoms with Crippen LogP contribution in [-0.2, 0) is 10.2 Å². The molecule has 1 saturated carbocycles. The number of piperidine rings is 1. The first-order chi connectivity index (χ1) is 12.7. The van der Waals surface area contributed by atoms with Crippen molar-refractivity contribution in [1.82, 2.24) is 15.5 Å². The van der Waals surface area contributed by atoms with Crippen molar-refractivity contribution in [1.29, 1.82) is 0 Å². The van der Waals surface area contributed by atoms with Gasteiger partial charge in [0.05, 0.1) is 6.61 Å². The lowest BCUT2D eigenvalue weighted by Crippen LogP contribution is -2.50. The van der Waals surface area contributed by atoms with Crippen LogP contribution in [0.5, 0.6) is 0 Å². The lowest BCUT2D eigenvalue weighted by atomic mass is 9.96. The molecule has 1 aromatic carbocycles. The van der Waals surface area contributed by atoms with E-state index in [2.05, 4.69) is 60.7 Å². The third kappa shape index (κ3) is 4.99. The lowest BCUT2D eigenvalue weighted by molar-refractivity contribution is 0.128. The number of nitrogens with zero attached hydrogens (tertiary/aromatic N) is 2. The van der Waals surface area contributed by atoms with E-state index in [0.717, 1.165) is 51.6 Å². The minimum Gasteiger partial charge on any atom is -0.383 e. The Morgan fingerprint density at radius 3 is 2.65 bits per heavy atom. The van der Waals surface area contributed by atoms with Gasteiger partial charge in [0.2, 0.25) is 0 Å². The summed E-state index contributed by atoms with van der Waals surface area (Å²) in [4.78, 5) is 6.92. The molecule has 0 atom stereocenters. The van der Waals surface area contributed by atoms with Crippen LogP contribution in [0, 0.1) is 0 Å². The topological polar surface area (TPSA) is 48.9 Å². The van der Waals surface area contributed by atoms with E-state index < -0.39 is 0 Å². The molecule has 2 aliphatic rings. The second-order valence-corrected chi connectivity index (χ2v) is 8.29. The van der Waals surface area contributed by atoms with Gasteiger partial charge in [0, 0.05) is 56.3 Å². The Labute approximate surface area is 165 Å². The highest BCUT2D eigenvalue weighted by atomic mass is 79.9. The zero-order valence-electron chi connectivity index (χ0n) is 15.9. The molecular formula is C20H31BrN4O. The second kappa shape index (κ2) is 9.20. The number of benzene rings is 1. The molecule has 5 nitrogen and oxygen atoms in total. The first-order valence-electron chi connectivity index (χ1n) is 9.60. The Hall–Kier alpha value is -1.11. The maximum absolute atomic E-state index is 5.18. The van der Waals surface area contributed by atoms with E-state index in [1.165, 1.54) is 22.9 Å². The normalized spacial score (nSPS) is 20.8. The van der Waals surface area contributed by atoms with Crippen molar-refractivity contribution in [2.75, 3.05) is 46.9 Å². The molecule has 1 saturated heterocycles. The molecule has 0 bridgehead atoms. The summed E-state index contributed by atoms with van der Waals surface area (Å²) >= 11 is 3.71. The van der Waals surface area contributed by atoms with Crippen LogP contribution in [0.15, 0.2) is 33.7 Å². The van der Waals surface area contributed by atoms with Crippen molar-refractivity contribution in [3.8, 4) is 0 Å². The largest absolute Gasteiger partial charge is 0.383 e. The number of ether oxygens (including phenoxy) is 1. The maximum atomic E-state index is 5.18. The van der Waals surface area contributed by atoms with Crippen LogP contribution < -0.4 is 10.6 Å². The van der Waals surface area contributed by atoms with Crippen molar-refractivity contribution in [3.05, 3.63) is 34.3 Å². The third-order valence-corrected chi connectivity index (χ3v) is 6.35. The minimum absolute atomic E-state index is 0.251. The zero-order valence-corrected chi connectivity index (χ0v) is 17.5. The fraction of sp³-hybridized carbons (Fsp3) is 0.650. The number of halogens is 1. The van der Waals surface area contributed by atoms with Crippen molar-refractivity contribution < 1.29 is 4.74 Å². The molecule has 2 fully saturated rings. The number of hydrogen-bond acceptors (Lipinski definition) is 3. The van der Waals surface area contributed by atoms with Gasteiger partial charge < -0.3 is 20.3 Å². The molecule has 0 unspecified atom stereocenters. The molecule has 0 amide bonds. The Bertz CT molecular complexity index is 610. The van der Waals surface area contributed by atoms with Crippen LogP contribution in [0.3, 0.4) is 0 Å². The third-order valence-electron chi connectivity index (χ3n) is 5.66. The minimum atomic E-state index is 0.251. The van der Waals surface area contributed by atoms with E-state index in [1.807, 2.05) is 7.05 Å². The highest BCUT2D eigenvalue weighted by molar-refractivity contribution is 9.10. The van der Waals surface area contributed by atoms with E-state index >= 15 is 0 Å². The molecule has 1 aromatic rings. The number of rotatable bonds is 7. The van der Waals surface area contributed by atoms with Crippen LogP contribution in [0.2, 0.25) is 0 Å². The van der Waals surface area contributed by atoms with Crippen molar-refractivity contribution in [2.45, 2.75) is 37.1 Å². The summed E-state index contributed by atoms with van der Waals surface area (Å²) in [6, 6.07) is 9.09. The number of nitrogens with one attached hydrogen (secondary N) is 2. The highest BCUT2D eigenvalue weighted by Crippen LogP contribution is 2.49. The van der Waals surface area contributed by atoms with Gasteiger partial charge in [-0.3, -0.25) is 4.99 Å². The average molecular weight is 423 g/mol. The molecule has 6 heteroatoms. The summed E-state index contributed by atoms with van der Waals surface area (Å²) in [5.74, 6) is 0.929. The number of likely N-dealkylation sites (tertiary alicyclic amines) is 1. The Morgan fingerprint density at radius 2 is 2.04 bits per heavy atom. The second-order valence-electron chi connectivity index (χ2n) is 7.44. The predicted octanol–water partition coefficient (Wildman–Crippen LogP) is 2.76. The highest BCUT2D eigenvalue weighted by Gasteiger charge is 2.45. The van der Waals surface area contributed by atoms with Crippen molar-refractivity contribution in [2.24, 2.45) is 4.99 Å². The van der Waals surface area contributed by atoms with Gasteiger partial charge in [-0.25, -0.2) is 0 Å². The van der Waals surface area contributed by atoms with Gasteiger partial charge in [-0.15, -0.1) is 0 Å². The summed E-state index contributed by atoms with van der Waals surface area (Å²) in [5, 5.41) is 7.19. The van der Waals surface area contributed by atoms with Crippen molar-refractivity contribution in [3.63, 3.8) is 0 Å². The Balaban J connectivity index is 1.47. The molecule has 144 valence electrons. The molecule has 3 rings (SSSR count). The number of methoxy groups -OCH3 is 1. The van der Waals surface area contributed by atoms with Gasteiger partial charge in [0.15, 0.2) is 5.96 Å². The molecule has 1 aliphatic carbocycles. The van der Waals surface area contributed by atoms with Crippen LogP contribution in [0.25, 0.3) is 0 Å². The molecule has 1 heterocycles. The summed E-state index contributed by atoms with van der Waals surface area (Å²) in [6.07, 6.45) is 4.77. The monoisotopic (exact) mass is 422 g/mol. The van der Waals surface area contributed by atoms with Gasteiger partial charge in [0.1, 0.15) is 0 Å². The first-order valence-corrected chi connectivity index (χ1v) is 10.4. The summed E-state index contributed by atoms with van der Waals surface area (Å²) in [6.45, 7) is 5.03. The molecule has 0 spiro atoms. The van der Waals surface area contributed by atoms with Crippen LogP contribution >= 0.6 is 15.9 Å². The molecule has 26 heavy (non-hydrogen) atoms. The van der Waals surface area contributed by atoms with Crippen LogP contribution in [0.1, 0.15) is 31.2 Å². The van der Waals surface area contributed by atoms with E-state index in [9.17, 15) is 0 Å². The summed E-state index contributed by atoms with van der Waals surface area (Å²) in [5.41, 5.74) is 1.66. The van der Waals surface area contributed by atoms with Gasteiger partial charge in [0.25, 0.3) is 0 Å². The maximum Gasteiger partial charge on any atom is 0.191 e. The smallest absolute Gasteiger partial charge is 0.191 e. The van der Waals surface area contributed by atoms with Crippen molar-refractivity contribution >= 4 is 21.9 Å². The molecule has 2 N–H and O–H groups in total. The predicted molar refractivity (Wildman–Crippen MR) is 111 cm³/mol. The Morgan fingerprint density at radius 1 is 1.31 bits per heavy atom. The zero-order chi connectivity index (χ0) is 18.4. The van der Waals surface area contributed by atoms with E-state index in [-0.39, 0.29) is 5.41 Å². The van der Waals surface area contributed by atoms with Gasteiger partial charge >= 0.3 is 0 Å². The Kier molecular flexibility index (Phi) is 6.95. The lowest BCUT2D eigenvalue weighted by Gasteiger charge is -2.33. The van der Waals surface area contributed by atoms with Gasteiger partial charge in [-0.2, -0.15) is 0 Å². The summed E-state index contributed by atoms with van der Waals surface area (Å²) < 4.78 is 6.39. The molecule has 1 aliphatic heterocycles. The van der Waals surface area contributed by atoms with Gasteiger partial charge in [-0.05, 0) is 37.3 Å². The van der Waals surface area contributed by atoms with Gasteiger partial charge in [-0.1, -0.05) is 34.1 Å². The average Bonchev–Trinajstić information content (AvgIpc) is 3.45. The number of hydrogen-bond donors (Lipinski definition) is 2. The fourth-order valence-electron chi connectivity index (χ4n) is 3.75. The number of aliphatic imine (C=N–C) groups is 1. The van der Waals surface area contributed by atoms with Crippen LogP contribution in [-0.4, -0.2) is 63.8 Å². The van der Waals surface area contributed by atoms with E-state index in [1.54, 1.807) is 7.11 Å². The first kappa shape index (κ1) is 19.6. The SMILES string of the molecule is CN=C(NCC1(c2ccccc2Br)CC1)NC1CCN(CCOC)CC1. The molecule has 0 radical (unpaired) electrons. The summed E-state index contributed by atoms with van der Waals surface area (Å²) in [7, 11) is 3.63. The fourth-order valence-corrected chi connectivity index (χ4v) is 4.45. The van der Waals surface area contributed by atoms with E-state index in [4.69, 9.17) is 4.74 Å². The molecular weight excluding hydrogens is 392 g/mol.